The normalized spacial score (nSPS) is 17.8. The monoisotopic (exact) mass is 392 g/mol. The highest BCUT2D eigenvalue weighted by Crippen LogP contribution is 2.36. The second-order valence-corrected chi connectivity index (χ2v) is 7.57. The minimum absolute atomic E-state index is 0. The molecule has 1 aliphatic heterocycles. The van der Waals surface area contributed by atoms with Crippen molar-refractivity contribution in [2.24, 2.45) is 11.7 Å². The van der Waals surface area contributed by atoms with Gasteiger partial charge in [-0.2, -0.15) is 17.5 Å². The Morgan fingerprint density at radius 1 is 1.26 bits per heavy atom. The molecule has 2 N–H and O–H groups in total. The molecule has 1 saturated heterocycles. The van der Waals surface area contributed by atoms with E-state index in [9.17, 15) is 21.6 Å². The Hall–Kier alpha value is -0.540. The average molecular weight is 393 g/mol. The highest BCUT2D eigenvalue weighted by atomic mass is 35.5. The van der Waals surface area contributed by atoms with Crippen LogP contribution in [0.1, 0.15) is 18.4 Å². The van der Waals surface area contributed by atoms with Crippen LogP contribution in [0.4, 0.5) is 13.2 Å². The van der Waals surface area contributed by atoms with Crippen LogP contribution in [0.15, 0.2) is 23.1 Å². The summed E-state index contributed by atoms with van der Waals surface area (Å²) in [5, 5.41) is -0.520. The predicted octanol–water partition coefficient (Wildman–Crippen LogP) is 3.14. The van der Waals surface area contributed by atoms with Crippen molar-refractivity contribution in [3.05, 3.63) is 28.8 Å². The number of halogens is 5. The van der Waals surface area contributed by atoms with Crippen LogP contribution in [-0.4, -0.2) is 32.4 Å². The van der Waals surface area contributed by atoms with E-state index in [0.717, 1.165) is 12.1 Å². The molecule has 0 spiro atoms. The van der Waals surface area contributed by atoms with Crippen LogP contribution in [0.2, 0.25) is 5.02 Å². The fourth-order valence-electron chi connectivity index (χ4n) is 2.42. The molecule has 1 aliphatic rings. The Bertz CT molecular complexity index is 645. The molecule has 2 rings (SSSR count). The highest BCUT2D eigenvalue weighted by Gasteiger charge is 2.36. The fraction of sp³-hybridized carbons (Fsp3) is 0.538. The third-order valence-corrected chi connectivity index (χ3v) is 6.01. The summed E-state index contributed by atoms with van der Waals surface area (Å²) in [5.41, 5.74) is 4.40. The summed E-state index contributed by atoms with van der Waals surface area (Å²) in [6, 6.07) is 2.65. The van der Waals surface area contributed by atoms with Crippen LogP contribution in [0.5, 0.6) is 0 Å². The molecule has 132 valence electrons. The lowest BCUT2D eigenvalue weighted by atomic mass is 9.99. The van der Waals surface area contributed by atoms with E-state index >= 15 is 0 Å². The van der Waals surface area contributed by atoms with Crippen molar-refractivity contribution in [2.75, 3.05) is 19.6 Å². The molecule has 0 aliphatic carbocycles. The molecule has 0 saturated carbocycles. The Morgan fingerprint density at radius 2 is 1.83 bits per heavy atom. The first-order chi connectivity index (χ1) is 10.2. The summed E-state index contributed by atoms with van der Waals surface area (Å²) in [4.78, 5) is -0.393. The Labute approximate surface area is 144 Å². The summed E-state index contributed by atoms with van der Waals surface area (Å²) < 4.78 is 64.7. The second-order valence-electron chi connectivity index (χ2n) is 5.22. The lowest BCUT2D eigenvalue weighted by Gasteiger charge is -2.30. The molecule has 0 unspecified atom stereocenters. The molecule has 0 aromatic heterocycles. The van der Waals surface area contributed by atoms with Crippen molar-refractivity contribution in [3.63, 3.8) is 0 Å². The molecule has 4 nitrogen and oxygen atoms in total. The second kappa shape index (κ2) is 7.57. The first-order valence-electron chi connectivity index (χ1n) is 6.73. The van der Waals surface area contributed by atoms with Gasteiger partial charge in [-0.25, -0.2) is 8.42 Å². The van der Waals surface area contributed by atoms with Crippen molar-refractivity contribution < 1.29 is 21.6 Å². The van der Waals surface area contributed by atoms with E-state index < -0.39 is 31.7 Å². The van der Waals surface area contributed by atoms with Crippen molar-refractivity contribution in [2.45, 2.75) is 23.9 Å². The van der Waals surface area contributed by atoms with E-state index in [4.69, 9.17) is 17.3 Å². The number of nitrogens with two attached hydrogens (primary N) is 1. The molecule has 0 radical (unpaired) electrons. The molecular weight excluding hydrogens is 376 g/mol. The smallest absolute Gasteiger partial charge is 0.330 e. The molecule has 23 heavy (non-hydrogen) atoms. The minimum Gasteiger partial charge on any atom is -0.330 e. The van der Waals surface area contributed by atoms with E-state index in [-0.39, 0.29) is 31.4 Å². The van der Waals surface area contributed by atoms with Crippen molar-refractivity contribution in [1.29, 1.82) is 0 Å². The van der Waals surface area contributed by atoms with Gasteiger partial charge in [0.15, 0.2) is 0 Å². The summed E-state index contributed by atoms with van der Waals surface area (Å²) in [6.07, 6.45) is -3.49. The number of hydrogen-bond donors (Lipinski definition) is 1. The summed E-state index contributed by atoms with van der Waals surface area (Å²) in [6.45, 7) is 0.995. The zero-order valence-electron chi connectivity index (χ0n) is 12.0. The van der Waals surface area contributed by atoms with Crippen LogP contribution in [0, 0.1) is 5.92 Å². The SMILES string of the molecule is Cl.NCC1CCN(S(=O)(=O)c2ccc(Cl)c(C(F)(F)F)c2)CC1. The van der Waals surface area contributed by atoms with Gasteiger partial charge in [0.2, 0.25) is 10.0 Å². The zero-order chi connectivity index (χ0) is 16.5. The maximum atomic E-state index is 12.8. The van der Waals surface area contributed by atoms with E-state index in [1.807, 2.05) is 0 Å². The van der Waals surface area contributed by atoms with Gasteiger partial charge in [-0.15, -0.1) is 12.4 Å². The standard InChI is InChI=1S/C13H16ClF3N2O2S.ClH/c14-12-2-1-10(7-11(12)13(15,16)17)22(20,21)19-5-3-9(8-18)4-6-19;/h1-2,7,9H,3-6,8,18H2;1H. The van der Waals surface area contributed by atoms with Crippen LogP contribution >= 0.6 is 24.0 Å². The van der Waals surface area contributed by atoms with Gasteiger partial charge in [0.05, 0.1) is 15.5 Å². The number of nitrogens with zero attached hydrogens (tertiary/aromatic N) is 1. The van der Waals surface area contributed by atoms with Crippen molar-refractivity contribution >= 4 is 34.0 Å². The van der Waals surface area contributed by atoms with Gasteiger partial charge in [-0.1, -0.05) is 11.6 Å². The fourth-order valence-corrected chi connectivity index (χ4v) is 4.14. The summed E-state index contributed by atoms with van der Waals surface area (Å²) in [5.74, 6) is 0.252. The van der Waals surface area contributed by atoms with Crippen LogP contribution in [0.25, 0.3) is 0 Å². The number of piperidine rings is 1. The van der Waals surface area contributed by atoms with Crippen molar-refractivity contribution in [1.82, 2.24) is 4.31 Å². The average Bonchev–Trinajstić information content (AvgIpc) is 2.46. The number of hydrogen-bond acceptors (Lipinski definition) is 3. The van der Waals surface area contributed by atoms with E-state index in [1.54, 1.807) is 0 Å². The highest BCUT2D eigenvalue weighted by molar-refractivity contribution is 7.89. The number of sulfonamides is 1. The number of alkyl halides is 3. The van der Waals surface area contributed by atoms with Gasteiger partial charge in [0.25, 0.3) is 0 Å². The third kappa shape index (κ3) is 4.51. The molecule has 10 heteroatoms. The quantitative estimate of drug-likeness (QED) is 0.858. The van der Waals surface area contributed by atoms with E-state index in [0.29, 0.717) is 25.5 Å². The first kappa shape index (κ1) is 20.5. The molecule has 1 aromatic carbocycles. The lowest BCUT2D eigenvalue weighted by Crippen LogP contribution is -2.40. The predicted molar refractivity (Wildman–Crippen MR) is 84.2 cm³/mol. The molecular formula is C13H17Cl2F3N2O2S. The van der Waals surface area contributed by atoms with Crippen LogP contribution in [-0.2, 0) is 16.2 Å². The van der Waals surface area contributed by atoms with Gasteiger partial charge < -0.3 is 5.73 Å². The number of benzene rings is 1. The molecule has 0 atom stereocenters. The van der Waals surface area contributed by atoms with Crippen LogP contribution < -0.4 is 5.73 Å². The van der Waals surface area contributed by atoms with Gasteiger partial charge >= 0.3 is 6.18 Å². The number of rotatable bonds is 3. The molecule has 1 fully saturated rings. The van der Waals surface area contributed by atoms with E-state index in [2.05, 4.69) is 0 Å². The maximum Gasteiger partial charge on any atom is 0.417 e. The zero-order valence-corrected chi connectivity index (χ0v) is 14.4. The van der Waals surface area contributed by atoms with Gasteiger partial charge in [0.1, 0.15) is 0 Å². The topological polar surface area (TPSA) is 63.4 Å². The van der Waals surface area contributed by atoms with Crippen molar-refractivity contribution in [3.8, 4) is 0 Å². The lowest BCUT2D eigenvalue weighted by molar-refractivity contribution is -0.137. The Kier molecular flexibility index (Phi) is 6.74. The Balaban J connectivity index is 0.00000264. The van der Waals surface area contributed by atoms with Crippen LogP contribution in [0.3, 0.4) is 0 Å². The minimum atomic E-state index is -4.70. The van der Waals surface area contributed by atoms with Gasteiger partial charge in [-0.05, 0) is 43.5 Å². The first-order valence-corrected chi connectivity index (χ1v) is 8.55. The summed E-state index contributed by atoms with van der Waals surface area (Å²) >= 11 is 5.51. The molecule has 1 heterocycles. The summed E-state index contributed by atoms with van der Waals surface area (Å²) in [7, 11) is -3.96. The van der Waals surface area contributed by atoms with E-state index in [1.165, 1.54) is 4.31 Å². The maximum absolute atomic E-state index is 12.8. The largest absolute Gasteiger partial charge is 0.417 e. The molecule has 0 amide bonds. The Morgan fingerprint density at radius 3 is 2.30 bits per heavy atom. The molecule has 1 aromatic rings. The van der Waals surface area contributed by atoms with Gasteiger partial charge in [0, 0.05) is 13.1 Å². The third-order valence-electron chi connectivity index (χ3n) is 3.79. The molecule has 0 bridgehead atoms. The van der Waals surface area contributed by atoms with Gasteiger partial charge in [-0.3, -0.25) is 0 Å².